The number of nitrogens with one attached hydrogen (secondary N) is 2. The summed E-state index contributed by atoms with van der Waals surface area (Å²) in [5.74, 6) is -0.168. The minimum absolute atomic E-state index is 0.00506. The van der Waals surface area contributed by atoms with Crippen molar-refractivity contribution in [1.82, 2.24) is 4.72 Å². The highest BCUT2D eigenvalue weighted by Crippen LogP contribution is 2.27. The number of carbonyl (C=O) groups excluding carboxylic acids is 1. The maximum absolute atomic E-state index is 12.1. The van der Waals surface area contributed by atoms with Gasteiger partial charge >= 0.3 is 0 Å². The van der Waals surface area contributed by atoms with Crippen LogP contribution in [0.15, 0.2) is 51.8 Å². The Hall–Kier alpha value is -1.65. The summed E-state index contributed by atoms with van der Waals surface area (Å²) in [5, 5.41) is 2.77. The van der Waals surface area contributed by atoms with Gasteiger partial charge in [-0.3, -0.25) is 4.79 Å². The summed E-state index contributed by atoms with van der Waals surface area (Å²) < 4.78 is 37.7. The van der Waals surface area contributed by atoms with Crippen molar-refractivity contribution in [2.24, 2.45) is 0 Å². The van der Waals surface area contributed by atoms with Crippen LogP contribution in [0.2, 0.25) is 5.02 Å². The molecule has 2 N–H and O–H groups in total. The van der Waals surface area contributed by atoms with Crippen LogP contribution in [0.5, 0.6) is 5.75 Å². The van der Waals surface area contributed by atoms with Crippen molar-refractivity contribution in [3.63, 3.8) is 0 Å². The lowest BCUT2D eigenvalue weighted by atomic mass is 10.3. The SMILES string of the molecule is COCCNS(=O)(=O)c1ccc(OCC(=O)Nc2cccc(Br)c2)c(Cl)c1. The zero-order chi connectivity index (χ0) is 19.9. The number of hydrogen-bond donors (Lipinski definition) is 2. The molecule has 0 spiro atoms. The highest BCUT2D eigenvalue weighted by Gasteiger charge is 2.16. The van der Waals surface area contributed by atoms with E-state index in [4.69, 9.17) is 21.1 Å². The molecule has 0 saturated carbocycles. The van der Waals surface area contributed by atoms with Crippen LogP contribution >= 0.6 is 27.5 Å². The number of hydrogen-bond acceptors (Lipinski definition) is 5. The molecule has 0 aromatic heterocycles. The lowest BCUT2D eigenvalue weighted by Gasteiger charge is -2.11. The second-order valence-electron chi connectivity index (χ2n) is 5.33. The number of rotatable bonds is 9. The minimum Gasteiger partial charge on any atom is -0.482 e. The van der Waals surface area contributed by atoms with E-state index in [1.807, 2.05) is 6.07 Å². The van der Waals surface area contributed by atoms with Crippen LogP contribution in [0.4, 0.5) is 5.69 Å². The molecule has 2 aromatic carbocycles. The second-order valence-corrected chi connectivity index (χ2v) is 8.42. The summed E-state index contributed by atoms with van der Waals surface area (Å²) in [7, 11) is -2.23. The third-order valence-corrected chi connectivity index (χ3v) is 5.53. The van der Waals surface area contributed by atoms with Gasteiger partial charge in [0, 0.05) is 23.8 Å². The summed E-state index contributed by atoms with van der Waals surface area (Å²) in [6.07, 6.45) is 0. The molecule has 0 heterocycles. The van der Waals surface area contributed by atoms with Gasteiger partial charge in [0.15, 0.2) is 6.61 Å². The third kappa shape index (κ3) is 6.78. The topological polar surface area (TPSA) is 93.7 Å². The van der Waals surface area contributed by atoms with E-state index in [9.17, 15) is 13.2 Å². The second kappa shape index (κ2) is 10.0. The molecule has 146 valence electrons. The van der Waals surface area contributed by atoms with Gasteiger partial charge in [0.25, 0.3) is 5.91 Å². The van der Waals surface area contributed by atoms with Crippen molar-refractivity contribution in [3.05, 3.63) is 52.0 Å². The van der Waals surface area contributed by atoms with E-state index >= 15 is 0 Å². The molecule has 0 aliphatic heterocycles. The van der Waals surface area contributed by atoms with Crippen molar-refractivity contribution in [1.29, 1.82) is 0 Å². The zero-order valence-electron chi connectivity index (χ0n) is 14.4. The quantitative estimate of drug-likeness (QED) is 0.542. The van der Waals surface area contributed by atoms with Gasteiger partial charge in [-0.25, -0.2) is 13.1 Å². The van der Waals surface area contributed by atoms with Crippen LogP contribution in [0.25, 0.3) is 0 Å². The van der Waals surface area contributed by atoms with E-state index in [0.717, 1.165) is 4.47 Å². The Balaban J connectivity index is 1.96. The summed E-state index contributed by atoms with van der Waals surface area (Å²) in [4.78, 5) is 12.0. The summed E-state index contributed by atoms with van der Waals surface area (Å²) in [6.45, 7) is 0.121. The third-order valence-electron chi connectivity index (χ3n) is 3.28. The van der Waals surface area contributed by atoms with Crippen LogP contribution in [0.3, 0.4) is 0 Å². The number of anilines is 1. The molecule has 2 aromatic rings. The lowest BCUT2D eigenvalue weighted by Crippen LogP contribution is -2.27. The summed E-state index contributed by atoms with van der Waals surface area (Å²) in [5.41, 5.74) is 0.618. The maximum Gasteiger partial charge on any atom is 0.262 e. The van der Waals surface area contributed by atoms with Crippen LogP contribution < -0.4 is 14.8 Å². The molecule has 1 amide bonds. The molecule has 27 heavy (non-hydrogen) atoms. The molecule has 2 rings (SSSR count). The molecular weight excluding hydrogens is 460 g/mol. The fourth-order valence-electron chi connectivity index (χ4n) is 2.03. The molecule has 0 unspecified atom stereocenters. The number of carbonyl (C=O) groups is 1. The molecule has 0 bridgehead atoms. The van der Waals surface area contributed by atoms with Crippen molar-refractivity contribution < 1.29 is 22.7 Å². The van der Waals surface area contributed by atoms with Crippen LogP contribution in [-0.2, 0) is 19.6 Å². The minimum atomic E-state index is -3.70. The van der Waals surface area contributed by atoms with Crippen molar-refractivity contribution in [2.75, 3.05) is 32.2 Å². The number of amides is 1. The van der Waals surface area contributed by atoms with Gasteiger partial charge in [0.1, 0.15) is 5.75 Å². The summed E-state index contributed by atoms with van der Waals surface area (Å²) >= 11 is 9.40. The molecule has 7 nitrogen and oxygen atoms in total. The fraction of sp³-hybridized carbons (Fsp3) is 0.235. The fourth-order valence-corrected chi connectivity index (χ4v) is 3.77. The monoisotopic (exact) mass is 476 g/mol. The van der Waals surface area contributed by atoms with Crippen LogP contribution in [0, 0.1) is 0 Å². The first-order chi connectivity index (χ1) is 12.8. The number of ether oxygens (including phenoxy) is 2. The lowest BCUT2D eigenvalue weighted by molar-refractivity contribution is -0.118. The average Bonchev–Trinajstić information content (AvgIpc) is 2.60. The first-order valence-electron chi connectivity index (χ1n) is 7.78. The Bertz CT molecular complexity index is 908. The number of sulfonamides is 1. The predicted octanol–water partition coefficient (Wildman–Crippen LogP) is 3.04. The molecule has 0 radical (unpaired) electrons. The van der Waals surface area contributed by atoms with Crippen molar-refractivity contribution in [2.45, 2.75) is 4.90 Å². The Kier molecular flexibility index (Phi) is 8.06. The standard InChI is InChI=1S/C17H18BrClN2O5S/c1-25-8-7-20-27(23,24)14-5-6-16(15(19)10-14)26-11-17(22)21-13-4-2-3-12(18)9-13/h2-6,9-10,20H,7-8,11H2,1H3,(H,21,22). The summed E-state index contributed by atoms with van der Waals surface area (Å²) in [6, 6.07) is 11.1. The van der Waals surface area contributed by atoms with Gasteiger partial charge in [-0.15, -0.1) is 0 Å². The normalized spacial score (nSPS) is 11.2. The number of methoxy groups -OCH3 is 1. The van der Waals surface area contributed by atoms with E-state index in [2.05, 4.69) is 26.0 Å². The average molecular weight is 478 g/mol. The van der Waals surface area contributed by atoms with E-state index in [1.165, 1.54) is 25.3 Å². The molecule has 0 fully saturated rings. The Morgan fingerprint density at radius 3 is 2.67 bits per heavy atom. The van der Waals surface area contributed by atoms with E-state index < -0.39 is 10.0 Å². The Morgan fingerprint density at radius 1 is 1.22 bits per heavy atom. The van der Waals surface area contributed by atoms with E-state index in [1.54, 1.807) is 18.2 Å². The molecule has 0 saturated heterocycles. The van der Waals surface area contributed by atoms with E-state index in [0.29, 0.717) is 5.69 Å². The zero-order valence-corrected chi connectivity index (χ0v) is 17.5. The number of benzene rings is 2. The van der Waals surface area contributed by atoms with Crippen LogP contribution in [-0.4, -0.2) is 41.2 Å². The molecule has 0 atom stereocenters. The molecule has 0 aliphatic rings. The predicted molar refractivity (Wildman–Crippen MR) is 107 cm³/mol. The molecule has 10 heteroatoms. The smallest absolute Gasteiger partial charge is 0.262 e. The number of halogens is 2. The van der Waals surface area contributed by atoms with Gasteiger partial charge in [0.05, 0.1) is 16.5 Å². The van der Waals surface area contributed by atoms with Gasteiger partial charge < -0.3 is 14.8 Å². The largest absolute Gasteiger partial charge is 0.482 e. The first-order valence-corrected chi connectivity index (χ1v) is 10.4. The molecule has 0 aliphatic carbocycles. The highest BCUT2D eigenvalue weighted by atomic mass is 79.9. The highest BCUT2D eigenvalue weighted by molar-refractivity contribution is 9.10. The van der Waals surface area contributed by atoms with Crippen LogP contribution in [0.1, 0.15) is 0 Å². The Labute approximate surface area is 171 Å². The molecular formula is C17H18BrClN2O5S. The van der Waals surface area contributed by atoms with Crippen molar-refractivity contribution >= 4 is 49.1 Å². The first kappa shape index (κ1) is 21.6. The Morgan fingerprint density at radius 2 is 2.00 bits per heavy atom. The van der Waals surface area contributed by atoms with Gasteiger partial charge in [-0.2, -0.15) is 0 Å². The maximum atomic E-state index is 12.1. The van der Waals surface area contributed by atoms with Crippen molar-refractivity contribution in [3.8, 4) is 5.75 Å². The van der Waals surface area contributed by atoms with E-state index in [-0.39, 0.29) is 41.3 Å². The van der Waals surface area contributed by atoms with Gasteiger partial charge in [-0.05, 0) is 36.4 Å². The van der Waals surface area contributed by atoms with Gasteiger partial charge in [0.2, 0.25) is 10.0 Å². The van der Waals surface area contributed by atoms with Gasteiger partial charge in [-0.1, -0.05) is 33.6 Å².